The Bertz CT molecular complexity index is 461. The molecule has 3 N–H and O–H groups in total. The van der Waals surface area contributed by atoms with Gasteiger partial charge < -0.3 is 5.73 Å². The van der Waals surface area contributed by atoms with Gasteiger partial charge in [-0.3, -0.25) is 0 Å². The monoisotopic (exact) mass is 256 g/mol. The standard InChI is InChI=1S/C12H20N2O2S/c1-9(2)4-5-14-17(15,16)12-7-10(3)6-11(13)8-12/h6-9,14H,4-5,13H2,1-3H3. The van der Waals surface area contributed by atoms with Crippen molar-refractivity contribution >= 4 is 15.7 Å². The molecule has 0 radical (unpaired) electrons. The quantitative estimate of drug-likeness (QED) is 0.790. The second-order valence-electron chi connectivity index (χ2n) is 4.66. The van der Waals surface area contributed by atoms with Crippen molar-refractivity contribution in [2.45, 2.75) is 32.1 Å². The average molecular weight is 256 g/mol. The van der Waals surface area contributed by atoms with E-state index in [9.17, 15) is 8.42 Å². The maximum Gasteiger partial charge on any atom is 0.240 e. The van der Waals surface area contributed by atoms with Crippen molar-refractivity contribution in [3.05, 3.63) is 23.8 Å². The lowest BCUT2D eigenvalue weighted by atomic mass is 10.1. The van der Waals surface area contributed by atoms with E-state index in [2.05, 4.69) is 18.6 Å². The second-order valence-corrected chi connectivity index (χ2v) is 6.43. The Hall–Kier alpha value is -1.07. The fourth-order valence-corrected chi connectivity index (χ4v) is 2.68. The molecule has 0 aliphatic heterocycles. The van der Waals surface area contributed by atoms with Gasteiger partial charge in [-0.1, -0.05) is 13.8 Å². The van der Waals surface area contributed by atoms with Gasteiger partial charge in [0, 0.05) is 12.2 Å². The smallest absolute Gasteiger partial charge is 0.240 e. The largest absolute Gasteiger partial charge is 0.399 e. The first kappa shape index (κ1) is 14.0. The van der Waals surface area contributed by atoms with Gasteiger partial charge >= 0.3 is 0 Å². The highest BCUT2D eigenvalue weighted by Crippen LogP contribution is 2.16. The summed E-state index contributed by atoms with van der Waals surface area (Å²) in [4.78, 5) is 0.235. The van der Waals surface area contributed by atoms with Crippen molar-refractivity contribution in [1.82, 2.24) is 4.72 Å². The fraction of sp³-hybridized carbons (Fsp3) is 0.500. The Morgan fingerprint density at radius 3 is 2.47 bits per heavy atom. The summed E-state index contributed by atoms with van der Waals surface area (Å²) in [6, 6.07) is 4.84. The lowest BCUT2D eigenvalue weighted by Crippen LogP contribution is -2.25. The Labute approximate surface area is 103 Å². The molecule has 0 bridgehead atoms. The van der Waals surface area contributed by atoms with Gasteiger partial charge in [0.1, 0.15) is 0 Å². The number of rotatable bonds is 5. The average Bonchev–Trinajstić information content (AvgIpc) is 2.14. The third-order valence-corrected chi connectivity index (χ3v) is 3.84. The van der Waals surface area contributed by atoms with Crippen LogP contribution in [0.5, 0.6) is 0 Å². The summed E-state index contributed by atoms with van der Waals surface area (Å²) in [5, 5.41) is 0. The molecule has 0 aliphatic carbocycles. The van der Waals surface area contributed by atoms with E-state index in [1.807, 2.05) is 6.92 Å². The molecule has 1 rings (SSSR count). The van der Waals surface area contributed by atoms with Gasteiger partial charge in [0.05, 0.1) is 4.90 Å². The molecule has 0 aromatic heterocycles. The highest BCUT2D eigenvalue weighted by Gasteiger charge is 2.14. The zero-order valence-electron chi connectivity index (χ0n) is 10.5. The Kier molecular flexibility index (Phi) is 4.54. The molecule has 0 saturated heterocycles. The summed E-state index contributed by atoms with van der Waals surface area (Å²) in [6.45, 7) is 6.38. The van der Waals surface area contributed by atoms with E-state index in [1.54, 1.807) is 12.1 Å². The molecular formula is C12H20N2O2S. The molecule has 96 valence electrons. The summed E-state index contributed by atoms with van der Waals surface area (Å²) in [6.07, 6.45) is 0.820. The zero-order chi connectivity index (χ0) is 13.1. The van der Waals surface area contributed by atoms with Gasteiger partial charge in [-0.25, -0.2) is 13.1 Å². The Morgan fingerprint density at radius 2 is 1.94 bits per heavy atom. The van der Waals surface area contributed by atoms with Gasteiger partial charge in [-0.2, -0.15) is 0 Å². The lowest BCUT2D eigenvalue weighted by molar-refractivity contribution is 0.551. The van der Waals surface area contributed by atoms with Crippen LogP contribution in [-0.4, -0.2) is 15.0 Å². The van der Waals surface area contributed by atoms with E-state index in [4.69, 9.17) is 5.73 Å². The van der Waals surface area contributed by atoms with Gasteiger partial charge in [-0.05, 0) is 43.0 Å². The normalized spacial score (nSPS) is 12.0. The highest BCUT2D eigenvalue weighted by atomic mass is 32.2. The number of nitrogens with two attached hydrogens (primary N) is 1. The Morgan fingerprint density at radius 1 is 1.29 bits per heavy atom. The van der Waals surface area contributed by atoms with Crippen molar-refractivity contribution < 1.29 is 8.42 Å². The number of benzene rings is 1. The van der Waals surface area contributed by atoms with Crippen molar-refractivity contribution in [2.24, 2.45) is 5.92 Å². The molecule has 0 atom stereocenters. The summed E-state index contributed by atoms with van der Waals surface area (Å²) in [5.41, 5.74) is 6.95. The molecule has 1 aromatic rings. The van der Waals surface area contributed by atoms with Crippen molar-refractivity contribution in [3.63, 3.8) is 0 Å². The minimum atomic E-state index is -3.43. The number of sulfonamides is 1. The molecule has 5 heteroatoms. The van der Waals surface area contributed by atoms with E-state index in [0.29, 0.717) is 18.2 Å². The van der Waals surface area contributed by atoms with Crippen molar-refractivity contribution in [1.29, 1.82) is 0 Å². The number of hydrogen-bond acceptors (Lipinski definition) is 3. The van der Waals surface area contributed by atoms with Crippen LogP contribution in [0, 0.1) is 12.8 Å². The maximum absolute atomic E-state index is 12.0. The van der Waals surface area contributed by atoms with Crippen LogP contribution in [0.15, 0.2) is 23.1 Å². The number of nitrogens with one attached hydrogen (secondary N) is 1. The first-order valence-electron chi connectivity index (χ1n) is 5.68. The molecule has 17 heavy (non-hydrogen) atoms. The van der Waals surface area contributed by atoms with Crippen LogP contribution in [-0.2, 0) is 10.0 Å². The molecule has 0 amide bonds. The fourth-order valence-electron chi connectivity index (χ4n) is 1.50. The summed E-state index contributed by atoms with van der Waals surface area (Å²) >= 11 is 0. The van der Waals surface area contributed by atoms with E-state index in [0.717, 1.165) is 12.0 Å². The number of aryl methyl sites for hydroxylation is 1. The molecule has 0 fully saturated rings. The molecule has 0 saturated carbocycles. The third-order valence-electron chi connectivity index (χ3n) is 2.40. The van der Waals surface area contributed by atoms with Crippen LogP contribution in [0.1, 0.15) is 25.8 Å². The SMILES string of the molecule is Cc1cc(N)cc(S(=O)(=O)NCCC(C)C)c1. The molecule has 4 nitrogen and oxygen atoms in total. The second kappa shape index (κ2) is 5.51. The molecular weight excluding hydrogens is 236 g/mol. The number of hydrogen-bond donors (Lipinski definition) is 2. The third kappa shape index (κ3) is 4.36. The summed E-state index contributed by atoms with van der Waals surface area (Å²) in [5.74, 6) is 0.472. The zero-order valence-corrected chi connectivity index (χ0v) is 11.3. The number of anilines is 1. The predicted molar refractivity (Wildman–Crippen MR) is 70.2 cm³/mol. The minimum absolute atomic E-state index is 0.235. The predicted octanol–water partition coefficient (Wildman–Crippen LogP) is 1.90. The molecule has 0 spiro atoms. The molecule has 0 heterocycles. The van der Waals surface area contributed by atoms with Crippen LogP contribution in [0.4, 0.5) is 5.69 Å². The topological polar surface area (TPSA) is 72.2 Å². The van der Waals surface area contributed by atoms with Crippen LogP contribution < -0.4 is 10.5 Å². The summed E-state index contributed by atoms with van der Waals surface area (Å²) < 4.78 is 26.5. The van der Waals surface area contributed by atoms with Gasteiger partial charge in [0.2, 0.25) is 10.0 Å². The first-order chi connectivity index (χ1) is 7.81. The molecule has 0 unspecified atom stereocenters. The van der Waals surface area contributed by atoms with Crippen LogP contribution in [0.25, 0.3) is 0 Å². The maximum atomic E-state index is 12.0. The number of nitrogen functional groups attached to an aromatic ring is 1. The van der Waals surface area contributed by atoms with Crippen LogP contribution in [0.2, 0.25) is 0 Å². The molecule has 1 aromatic carbocycles. The first-order valence-corrected chi connectivity index (χ1v) is 7.16. The highest BCUT2D eigenvalue weighted by molar-refractivity contribution is 7.89. The van der Waals surface area contributed by atoms with Gasteiger partial charge in [0.25, 0.3) is 0 Å². The van der Waals surface area contributed by atoms with Crippen molar-refractivity contribution in [3.8, 4) is 0 Å². The van der Waals surface area contributed by atoms with Crippen molar-refractivity contribution in [2.75, 3.05) is 12.3 Å². The minimum Gasteiger partial charge on any atom is -0.399 e. The van der Waals surface area contributed by atoms with Crippen LogP contribution >= 0.6 is 0 Å². The molecule has 0 aliphatic rings. The van der Waals surface area contributed by atoms with Crippen LogP contribution in [0.3, 0.4) is 0 Å². The Balaban J connectivity index is 2.82. The van der Waals surface area contributed by atoms with Gasteiger partial charge in [0.15, 0.2) is 0 Å². The van der Waals surface area contributed by atoms with Gasteiger partial charge in [-0.15, -0.1) is 0 Å². The van der Waals surface area contributed by atoms with E-state index in [1.165, 1.54) is 6.07 Å². The van der Waals surface area contributed by atoms with E-state index in [-0.39, 0.29) is 4.90 Å². The lowest BCUT2D eigenvalue weighted by Gasteiger charge is -2.09. The van der Waals surface area contributed by atoms with E-state index >= 15 is 0 Å². The summed E-state index contributed by atoms with van der Waals surface area (Å²) in [7, 11) is -3.43. The van der Waals surface area contributed by atoms with E-state index < -0.39 is 10.0 Å².